The topological polar surface area (TPSA) is 70.9 Å². The van der Waals surface area contributed by atoms with Crippen molar-refractivity contribution < 1.29 is 9.21 Å². The van der Waals surface area contributed by atoms with Crippen LogP contribution in [0, 0.1) is 0 Å². The lowest BCUT2D eigenvalue weighted by molar-refractivity contribution is 0.0955. The van der Waals surface area contributed by atoms with Crippen molar-refractivity contribution in [2.75, 3.05) is 0 Å². The van der Waals surface area contributed by atoms with Crippen molar-refractivity contribution in [1.82, 2.24) is 15.5 Å². The lowest BCUT2D eigenvalue weighted by atomic mass is 9.99. The van der Waals surface area contributed by atoms with Gasteiger partial charge in [-0.25, -0.2) is 0 Å². The Bertz CT molecular complexity index is 871. The molecule has 0 saturated carbocycles. The van der Waals surface area contributed by atoms with Gasteiger partial charge >= 0.3 is 0 Å². The van der Waals surface area contributed by atoms with Gasteiger partial charge in [0, 0.05) is 15.6 Å². The van der Waals surface area contributed by atoms with Gasteiger partial charge in [0.2, 0.25) is 0 Å². The molecule has 1 aromatic carbocycles. The van der Waals surface area contributed by atoms with Crippen molar-refractivity contribution in [3.8, 4) is 11.5 Å². The molecule has 110 valence electrons. The van der Waals surface area contributed by atoms with Crippen LogP contribution in [-0.4, -0.2) is 16.1 Å². The van der Waals surface area contributed by atoms with E-state index >= 15 is 0 Å². The highest BCUT2D eigenvalue weighted by Gasteiger charge is 2.37. The van der Waals surface area contributed by atoms with Crippen LogP contribution in [0.25, 0.3) is 11.5 Å². The normalized spacial score (nSPS) is 16.6. The zero-order valence-electron chi connectivity index (χ0n) is 11.1. The summed E-state index contributed by atoms with van der Waals surface area (Å²) < 4.78 is 5.41. The third-order valence-corrected chi connectivity index (χ3v) is 4.19. The molecule has 22 heavy (non-hydrogen) atoms. The summed E-state index contributed by atoms with van der Waals surface area (Å²) in [5, 5.41) is 10.9. The summed E-state index contributed by atoms with van der Waals surface area (Å²) in [7, 11) is 0. The number of benzene rings is 1. The van der Waals surface area contributed by atoms with Crippen LogP contribution in [0.5, 0.6) is 0 Å². The van der Waals surface area contributed by atoms with E-state index in [1.807, 2.05) is 0 Å². The number of rotatable bonds is 2. The predicted molar refractivity (Wildman–Crippen MR) is 82.1 cm³/mol. The first-order chi connectivity index (χ1) is 10.6. The molecule has 2 aromatic heterocycles. The Morgan fingerprint density at radius 3 is 2.82 bits per heavy atom. The number of hydrogen-bond donors (Lipinski definition) is 2. The second kappa shape index (κ2) is 4.90. The van der Waals surface area contributed by atoms with Gasteiger partial charge in [-0.3, -0.25) is 9.89 Å². The van der Waals surface area contributed by atoms with Crippen molar-refractivity contribution in [2.24, 2.45) is 0 Å². The average molecular weight is 334 g/mol. The minimum Gasteiger partial charge on any atom is -0.463 e. The average Bonchev–Trinajstić information content (AvgIpc) is 3.18. The van der Waals surface area contributed by atoms with Crippen LogP contribution in [0.1, 0.15) is 27.7 Å². The summed E-state index contributed by atoms with van der Waals surface area (Å²) in [4.78, 5) is 12.1. The number of nitrogens with zero attached hydrogens (tertiary/aromatic N) is 1. The minimum absolute atomic E-state index is 0.250. The molecule has 1 aliphatic rings. The van der Waals surface area contributed by atoms with Crippen molar-refractivity contribution in [3.05, 3.63) is 63.5 Å². The summed E-state index contributed by atoms with van der Waals surface area (Å²) in [6.45, 7) is 0. The molecule has 3 aromatic rings. The molecule has 1 amide bonds. The van der Waals surface area contributed by atoms with E-state index in [0.717, 1.165) is 11.1 Å². The maximum absolute atomic E-state index is 12.1. The van der Waals surface area contributed by atoms with E-state index in [1.54, 1.807) is 36.6 Å². The van der Waals surface area contributed by atoms with E-state index in [0.29, 0.717) is 27.2 Å². The number of nitrogens with one attached hydrogen (secondary N) is 2. The third kappa shape index (κ3) is 1.94. The summed E-state index contributed by atoms with van der Waals surface area (Å²) in [6, 6.07) is 8.36. The molecule has 0 fully saturated rings. The van der Waals surface area contributed by atoms with Gasteiger partial charge in [-0.05, 0) is 29.8 Å². The Labute approximate surface area is 135 Å². The predicted octanol–water partition coefficient (Wildman–Crippen LogP) is 3.81. The van der Waals surface area contributed by atoms with Gasteiger partial charge in [-0.1, -0.05) is 29.3 Å². The number of hydrogen-bond acceptors (Lipinski definition) is 3. The van der Waals surface area contributed by atoms with Gasteiger partial charge in [0.25, 0.3) is 5.91 Å². The molecule has 4 rings (SSSR count). The highest BCUT2D eigenvalue weighted by molar-refractivity contribution is 6.35. The molecule has 0 radical (unpaired) electrons. The van der Waals surface area contributed by atoms with Gasteiger partial charge in [0.15, 0.2) is 11.5 Å². The second-order valence-electron chi connectivity index (χ2n) is 4.91. The van der Waals surface area contributed by atoms with Crippen molar-refractivity contribution in [1.29, 1.82) is 0 Å². The molecule has 7 heteroatoms. The Morgan fingerprint density at radius 1 is 1.23 bits per heavy atom. The lowest BCUT2D eigenvalue weighted by Crippen LogP contribution is -2.21. The maximum atomic E-state index is 12.1. The van der Waals surface area contributed by atoms with Gasteiger partial charge < -0.3 is 9.73 Å². The van der Waals surface area contributed by atoms with Crippen molar-refractivity contribution in [3.63, 3.8) is 0 Å². The smallest absolute Gasteiger partial charge is 0.272 e. The van der Waals surface area contributed by atoms with Gasteiger partial charge in [-0.15, -0.1) is 0 Å². The lowest BCUT2D eigenvalue weighted by Gasteiger charge is -2.14. The van der Waals surface area contributed by atoms with Gasteiger partial charge in [0.1, 0.15) is 5.69 Å². The summed E-state index contributed by atoms with van der Waals surface area (Å²) in [6.07, 6.45) is 1.57. The summed E-state index contributed by atoms with van der Waals surface area (Å²) in [5.41, 5.74) is 2.49. The Hall–Kier alpha value is -2.24. The third-order valence-electron chi connectivity index (χ3n) is 3.62. The van der Waals surface area contributed by atoms with E-state index in [-0.39, 0.29) is 5.91 Å². The van der Waals surface area contributed by atoms with Crippen LogP contribution >= 0.6 is 23.2 Å². The van der Waals surface area contributed by atoms with Crippen molar-refractivity contribution >= 4 is 29.1 Å². The Balaban J connectivity index is 1.89. The molecule has 1 aliphatic heterocycles. The van der Waals surface area contributed by atoms with Crippen molar-refractivity contribution in [2.45, 2.75) is 6.04 Å². The number of carbonyl (C=O) groups excluding carboxylic acids is 1. The maximum Gasteiger partial charge on any atom is 0.272 e. The molecular weight excluding hydrogens is 325 g/mol. The number of halogens is 2. The molecular formula is C15H9Cl2N3O2. The number of carbonyl (C=O) groups is 1. The fraction of sp³-hybridized carbons (Fsp3) is 0.0667. The van der Waals surface area contributed by atoms with Crippen LogP contribution in [0.15, 0.2) is 41.0 Å². The molecule has 0 unspecified atom stereocenters. The fourth-order valence-corrected chi connectivity index (χ4v) is 3.17. The molecule has 5 nitrogen and oxygen atoms in total. The van der Waals surface area contributed by atoms with Crippen LogP contribution in [0.4, 0.5) is 0 Å². The number of H-pyrrole nitrogens is 1. The monoisotopic (exact) mass is 333 g/mol. The highest BCUT2D eigenvalue weighted by atomic mass is 35.5. The molecule has 0 bridgehead atoms. The van der Waals surface area contributed by atoms with E-state index in [2.05, 4.69) is 15.5 Å². The number of furan rings is 1. The minimum atomic E-state index is -0.397. The van der Waals surface area contributed by atoms with Gasteiger partial charge in [0.05, 0.1) is 12.3 Å². The fourth-order valence-electron chi connectivity index (χ4n) is 2.65. The zero-order valence-corrected chi connectivity index (χ0v) is 12.6. The first kappa shape index (κ1) is 13.4. The van der Waals surface area contributed by atoms with Crippen LogP contribution in [0.2, 0.25) is 10.0 Å². The first-order valence-electron chi connectivity index (χ1n) is 6.53. The largest absolute Gasteiger partial charge is 0.463 e. The Kier molecular flexibility index (Phi) is 2.99. The molecule has 0 saturated heterocycles. The van der Waals surface area contributed by atoms with E-state index in [1.165, 1.54) is 0 Å². The van der Waals surface area contributed by atoms with Gasteiger partial charge in [-0.2, -0.15) is 5.10 Å². The quantitative estimate of drug-likeness (QED) is 0.749. The van der Waals surface area contributed by atoms with Crippen LogP contribution < -0.4 is 5.32 Å². The number of fused-ring (bicyclic) bond motifs is 1. The first-order valence-corrected chi connectivity index (χ1v) is 7.28. The van der Waals surface area contributed by atoms with E-state index in [4.69, 9.17) is 27.6 Å². The van der Waals surface area contributed by atoms with Crippen LogP contribution in [-0.2, 0) is 0 Å². The van der Waals surface area contributed by atoms with Crippen LogP contribution in [0.3, 0.4) is 0 Å². The number of amides is 1. The SMILES string of the molecule is O=C1N[C@H](c2ccc(Cl)cc2Cl)c2c1n[nH]c2-c1ccco1. The second-order valence-corrected chi connectivity index (χ2v) is 5.75. The highest BCUT2D eigenvalue weighted by Crippen LogP contribution is 2.39. The molecule has 2 N–H and O–H groups in total. The van der Waals surface area contributed by atoms with E-state index in [9.17, 15) is 4.79 Å². The molecule has 0 spiro atoms. The summed E-state index contributed by atoms with van der Waals surface area (Å²) >= 11 is 12.2. The number of aromatic nitrogens is 2. The number of aromatic amines is 1. The van der Waals surface area contributed by atoms with E-state index < -0.39 is 6.04 Å². The Morgan fingerprint density at radius 2 is 2.09 bits per heavy atom. The zero-order chi connectivity index (χ0) is 15.3. The molecule has 0 aliphatic carbocycles. The standard InChI is InChI=1S/C15H9Cl2N3O2/c16-7-3-4-8(9(17)6-7)12-11-13(10-2-1-5-22-10)19-20-14(11)15(21)18-12/h1-6,12H,(H,18,21)(H,19,20)/t12-/m1/s1. The molecule has 3 heterocycles. The summed E-state index contributed by atoms with van der Waals surface area (Å²) in [5.74, 6) is 0.361. The molecule has 1 atom stereocenters.